The maximum absolute atomic E-state index is 5.95. The zero-order valence-electron chi connectivity index (χ0n) is 10.0. The first-order valence-electron chi connectivity index (χ1n) is 5.23. The first-order chi connectivity index (χ1) is 6.92. The number of aromatic nitrogens is 1. The number of thiazole rings is 1. The van der Waals surface area contributed by atoms with E-state index in [1.54, 1.807) is 11.3 Å². The summed E-state index contributed by atoms with van der Waals surface area (Å²) in [6.07, 6.45) is 0. The molecule has 1 unspecified atom stereocenters. The van der Waals surface area contributed by atoms with Crippen molar-refractivity contribution >= 4 is 11.3 Å². The van der Waals surface area contributed by atoms with Gasteiger partial charge in [0.1, 0.15) is 0 Å². The molecule has 0 amide bonds. The van der Waals surface area contributed by atoms with Crippen molar-refractivity contribution in [2.45, 2.75) is 33.4 Å². The average molecular weight is 227 g/mol. The third-order valence-electron chi connectivity index (χ3n) is 2.83. The molecule has 0 fully saturated rings. The van der Waals surface area contributed by atoms with Gasteiger partial charge in [-0.25, -0.2) is 4.98 Å². The summed E-state index contributed by atoms with van der Waals surface area (Å²) >= 11 is 1.64. The van der Waals surface area contributed by atoms with Gasteiger partial charge in [-0.1, -0.05) is 13.8 Å². The van der Waals surface area contributed by atoms with E-state index in [0.717, 1.165) is 18.8 Å². The van der Waals surface area contributed by atoms with Crippen molar-refractivity contribution in [1.82, 2.24) is 9.88 Å². The zero-order chi connectivity index (χ0) is 11.5. The molecule has 0 saturated carbocycles. The highest BCUT2D eigenvalue weighted by Crippen LogP contribution is 2.20. The average Bonchev–Trinajstić information content (AvgIpc) is 2.54. The van der Waals surface area contributed by atoms with Crippen LogP contribution in [0.5, 0.6) is 0 Å². The van der Waals surface area contributed by atoms with E-state index in [2.05, 4.69) is 43.1 Å². The molecule has 0 aliphatic heterocycles. The molecule has 1 heterocycles. The Morgan fingerprint density at radius 2 is 2.27 bits per heavy atom. The molecule has 3 nitrogen and oxygen atoms in total. The summed E-state index contributed by atoms with van der Waals surface area (Å²) in [6.45, 7) is 8.36. The van der Waals surface area contributed by atoms with Crippen LogP contribution in [0.15, 0.2) is 10.9 Å². The molecule has 4 heteroatoms. The monoisotopic (exact) mass is 227 g/mol. The predicted octanol–water partition coefficient (Wildman–Crippen LogP) is 1.95. The Labute approximate surface area is 96.3 Å². The molecule has 86 valence electrons. The molecule has 0 spiro atoms. The summed E-state index contributed by atoms with van der Waals surface area (Å²) in [5.74, 6) is 0. The van der Waals surface area contributed by atoms with Crippen molar-refractivity contribution in [2.75, 3.05) is 13.6 Å². The minimum Gasteiger partial charge on any atom is -0.327 e. The fourth-order valence-electron chi connectivity index (χ4n) is 1.49. The van der Waals surface area contributed by atoms with Gasteiger partial charge in [0.05, 0.1) is 11.2 Å². The molecule has 15 heavy (non-hydrogen) atoms. The van der Waals surface area contributed by atoms with Gasteiger partial charge in [0.2, 0.25) is 0 Å². The lowest BCUT2D eigenvalue weighted by atomic mass is 9.85. The van der Waals surface area contributed by atoms with Crippen LogP contribution in [0.1, 0.15) is 26.5 Å². The van der Waals surface area contributed by atoms with Crippen LogP contribution in [-0.2, 0) is 6.54 Å². The van der Waals surface area contributed by atoms with Crippen LogP contribution in [0.2, 0.25) is 0 Å². The molecular weight excluding hydrogens is 206 g/mol. The van der Waals surface area contributed by atoms with Crippen molar-refractivity contribution in [3.05, 3.63) is 16.6 Å². The van der Waals surface area contributed by atoms with Gasteiger partial charge in [0.25, 0.3) is 0 Å². The molecule has 0 bridgehead atoms. The first-order valence-corrected chi connectivity index (χ1v) is 6.17. The largest absolute Gasteiger partial charge is 0.327 e. The molecule has 0 saturated heterocycles. The highest BCUT2D eigenvalue weighted by atomic mass is 32.1. The third-order valence-corrected chi connectivity index (χ3v) is 3.46. The van der Waals surface area contributed by atoms with E-state index in [0.29, 0.717) is 0 Å². The van der Waals surface area contributed by atoms with E-state index in [9.17, 15) is 0 Å². The molecule has 2 N–H and O–H groups in total. The molecule has 0 aliphatic carbocycles. The van der Waals surface area contributed by atoms with E-state index in [4.69, 9.17) is 5.73 Å². The summed E-state index contributed by atoms with van der Waals surface area (Å²) in [7, 11) is 2.11. The van der Waals surface area contributed by atoms with Crippen LogP contribution in [0, 0.1) is 5.41 Å². The van der Waals surface area contributed by atoms with Gasteiger partial charge >= 0.3 is 0 Å². The van der Waals surface area contributed by atoms with Crippen LogP contribution in [0.25, 0.3) is 0 Å². The number of nitrogens with two attached hydrogens (primary N) is 1. The summed E-state index contributed by atoms with van der Waals surface area (Å²) in [4.78, 5) is 6.55. The maximum atomic E-state index is 5.95. The highest BCUT2D eigenvalue weighted by molar-refractivity contribution is 7.07. The zero-order valence-corrected chi connectivity index (χ0v) is 10.8. The number of nitrogens with zero attached hydrogens (tertiary/aromatic N) is 2. The van der Waals surface area contributed by atoms with E-state index in [1.807, 2.05) is 5.51 Å². The van der Waals surface area contributed by atoms with Gasteiger partial charge in [-0.3, -0.25) is 4.90 Å². The molecule has 0 radical (unpaired) electrons. The van der Waals surface area contributed by atoms with Crippen LogP contribution in [-0.4, -0.2) is 29.5 Å². The van der Waals surface area contributed by atoms with E-state index in [-0.39, 0.29) is 11.5 Å². The fourth-order valence-corrected chi connectivity index (χ4v) is 2.04. The third kappa shape index (κ3) is 3.89. The lowest BCUT2D eigenvalue weighted by Gasteiger charge is -2.33. The molecular formula is C11H21N3S. The minimum absolute atomic E-state index is 0.144. The smallest absolute Gasteiger partial charge is 0.0795 e. The molecule has 0 aliphatic rings. The molecule has 1 atom stereocenters. The second-order valence-corrected chi connectivity index (χ2v) is 5.65. The molecule has 1 aromatic heterocycles. The Balaban J connectivity index is 2.45. The van der Waals surface area contributed by atoms with Crippen LogP contribution < -0.4 is 5.73 Å². The maximum Gasteiger partial charge on any atom is 0.0795 e. The van der Waals surface area contributed by atoms with Crippen molar-refractivity contribution in [2.24, 2.45) is 11.1 Å². The van der Waals surface area contributed by atoms with Crippen molar-refractivity contribution in [3.8, 4) is 0 Å². The topological polar surface area (TPSA) is 42.1 Å². The number of rotatable bonds is 5. The summed E-state index contributed by atoms with van der Waals surface area (Å²) in [5.41, 5.74) is 9.11. The summed E-state index contributed by atoms with van der Waals surface area (Å²) in [6, 6.07) is 0.204. The quantitative estimate of drug-likeness (QED) is 0.836. The van der Waals surface area contributed by atoms with Crippen LogP contribution >= 0.6 is 11.3 Å². The summed E-state index contributed by atoms with van der Waals surface area (Å²) in [5, 5.41) is 2.09. The second-order valence-electron chi connectivity index (χ2n) is 4.93. The standard InChI is InChI=1S/C11H21N3S/c1-9(12)11(2,3)7-14(4)5-10-6-15-8-13-10/h6,8-9H,5,7,12H2,1-4H3. The number of hydrogen-bond acceptors (Lipinski definition) is 4. The van der Waals surface area contributed by atoms with Gasteiger partial charge in [-0.05, 0) is 19.4 Å². The normalized spacial score (nSPS) is 14.5. The van der Waals surface area contributed by atoms with Gasteiger partial charge in [-0.2, -0.15) is 0 Å². The van der Waals surface area contributed by atoms with Gasteiger partial charge in [0, 0.05) is 24.5 Å². The van der Waals surface area contributed by atoms with Crippen molar-refractivity contribution in [1.29, 1.82) is 0 Å². The van der Waals surface area contributed by atoms with Crippen molar-refractivity contribution in [3.63, 3.8) is 0 Å². The molecule has 1 rings (SSSR count). The predicted molar refractivity (Wildman–Crippen MR) is 65.9 cm³/mol. The van der Waals surface area contributed by atoms with E-state index < -0.39 is 0 Å². The van der Waals surface area contributed by atoms with Gasteiger partial charge < -0.3 is 5.73 Å². The van der Waals surface area contributed by atoms with Gasteiger partial charge in [-0.15, -0.1) is 11.3 Å². The van der Waals surface area contributed by atoms with E-state index >= 15 is 0 Å². The van der Waals surface area contributed by atoms with Crippen LogP contribution in [0.3, 0.4) is 0 Å². The number of hydrogen-bond donors (Lipinski definition) is 1. The molecule has 1 aromatic rings. The SMILES string of the molecule is CC(N)C(C)(C)CN(C)Cc1cscn1. The lowest BCUT2D eigenvalue weighted by molar-refractivity contribution is 0.177. The Kier molecular flexibility index (Phi) is 4.25. The lowest BCUT2D eigenvalue weighted by Crippen LogP contribution is -2.42. The second kappa shape index (κ2) is 5.05. The Morgan fingerprint density at radius 1 is 1.60 bits per heavy atom. The van der Waals surface area contributed by atoms with Gasteiger partial charge in [0.15, 0.2) is 0 Å². The molecule has 0 aromatic carbocycles. The fraction of sp³-hybridized carbons (Fsp3) is 0.727. The Morgan fingerprint density at radius 3 is 2.73 bits per heavy atom. The van der Waals surface area contributed by atoms with E-state index in [1.165, 1.54) is 0 Å². The van der Waals surface area contributed by atoms with Crippen molar-refractivity contribution < 1.29 is 0 Å². The van der Waals surface area contributed by atoms with Crippen LogP contribution in [0.4, 0.5) is 0 Å². The Hall–Kier alpha value is -0.450. The minimum atomic E-state index is 0.144. The Bertz CT molecular complexity index is 280. The summed E-state index contributed by atoms with van der Waals surface area (Å²) < 4.78 is 0. The highest BCUT2D eigenvalue weighted by Gasteiger charge is 2.24. The first kappa shape index (κ1) is 12.6.